The maximum absolute atomic E-state index is 12.5. The van der Waals surface area contributed by atoms with Gasteiger partial charge in [0.05, 0.1) is 11.8 Å². The van der Waals surface area contributed by atoms with E-state index in [1.54, 1.807) is 37.4 Å². The Hall–Kier alpha value is -2.34. The number of hydrogen-bond acceptors (Lipinski definition) is 3. The number of amides is 1. The van der Waals surface area contributed by atoms with Gasteiger partial charge in [0.15, 0.2) is 0 Å². The van der Waals surface area contributed by atoms with Crippen LogP contribution in [0.1, 0.15) is 35.8 Å². The molecule has 24 heavy (non-hydrogen) atoms. The number of hydrogen-bond donors (Lipinski definition) is 1. The van der Waals surface area contributed by atoms with Crippen LogP contribution in [-0.2, 0) is 11.2 Å². The van der Waals surface area contributed by atoms with Gasteiger partial charge < -0.3 is 9.64 Å². The second-order valence-corrected chi connectivity index (χ2v) is 6.15. The molecule has 1 aliphatic heterocycles. The molecule has 6 heteroatoms. The molecule has 1 fully saturated rings. The molecule has 128 valence electrons. The fraction of sp³-hybridized carbons (Fsp3) is 0.444. The fourth-order valence-electron chi connectivity index (χ4n) is 3.07. The Morgan fingerprint density at radius 1 is 1.33 bits per heavy atom. The average molecular weight is 329 g/mol. The molecule has 1 aliphatic rings. The van der Waals surface area contributed by atoms with E-state index in [1.807, 2.05) is 4.90 Å². The van der Waals surface area contributed by atoms with Gasteiger partial charge in [-0.1, -0.05) is 13.3 Å². The zero-order valence-electron chi connectivity index (χ0n) is 14.1. The summed E-state index contributed by atoms with van der Waals surface area (Å²) >= 11 is 0. The second-order valence-electron chi connectivity index (χ2n) is 6.15. The van der Waals surface area contributed by atoms with E-state index in [4.69, 9.17) is 4.74 Å². The summed E-state index contributed by atoms with van der Waals surface area (Å²) in [5.74, 6) is 0.00612. The Morgan fingerprint density at radius 2 is 2.08 bits per heavy atom. The molecule has 2 aromatic rings. The van der Waals surface area contributed by atoms with Gasteiger partial charge in [-0.2, -0.15) is 0 Å². The second kappa shape index (κ2) is 7.05. The highest BCUT2D eigenvalue weighted by atomic mass is 16.5. The van der Waals surface area contributed by atoms with E-state index in [0.717, 1.165) is 37.2 Å². The Balaban J connectivity index is 1.76. The van der Waals surface area contributed by atoms with Crippen LogP contribution in [0, 0.1) is 0 Å². The maximum atomic E-state index is 12.5. The first kappa shape index (κ1) is 16.5. The minimum Gasteiger partial charge on any atom is -0.380 e. The summed E-state index contributed by atoms with van der Waals surface area (Å²) in [6.07, 6.45) is 2.82. The first-order valence-corrected chi connectivity index (χ1v) is 8.35. The summed E-state index contributed by atoms with van der Waals surface area (Å²) in [6, 6.07) is 8.75. The highest BCUT2D eigenvalue weighted by Gasteiger charge is 2.26. The van der Waals surface area contributed by atoms with Gasteiger partial charge in [0.25, 0.3) is 11.5 Å². The molecule has 1 aromatic carbocycles. The van der Waals surface area contributed by atoms with Gasteiger partial charge in [0.2, 0.25) is 0 Å². The van der Waals surface area contributed by atoms with E-state index in [2.05, 4.69) is 12.0 Å². The predicted octanol–water partition coefficient (Wildman–Crippen LogP) is 1.98. The largest absolute Gasteiger partial charge is 0.380 e. The van der Waals surface area contributed by atoms with E-state index in [1.165, 1.54) is 4.68 Å². The molecule has 1 saturated heterocycles. The number of aromatic nitrogens is 2. The number of aryl methyl sites for hydroxylation is 1. The van der Waals surface area contributed by atoms with Crippen molar-refractivity contribution in [3.8, 4) is 5.69 Å². The van der Waals surface area contributed by atoms with Crippen molar-refractivity contribution in [1.29, 1.82) is 0 Å². The number of benzene rings is 1. The third kappa shape index (κ3) is 3.28. The number of carbonyl (C=O) groups excluding carboxylic acids is 1. The lowest BCUT2D eigenvalue weighted by molar-refractivity contribution is 0.0724. The van der Waals surface area contributed by atoms with E-state index < -0.39 is 0 Å². The number of likely N-dealkylation sites (tertiary alicyclic amines) is 1. The third-order valence-corrected chi connectivity index (χ3v) is 4.43. The summed E-state index contributed by atoms with van der Waals surface area (Å²) in [4.78, 5) is 26.4. The number of ether oxygens (including phenoxy) is 1. The monoisotopic (exact) mass is 329 g/mol. The van der Waals surface area contributed by atoms with Crippen molar-refractivity contribution in [2.24, 2.45) is 0 Å². The van der Waals surface area contributed by atoms with Crippen molar-refractivity contribution in [3.05, 3.63) is 51.9 Å². The number of H-pyrrole nitrogens is 1. The molecular weight excluding hydrogens is 306 g/mol. The number of nitrogens with zero attached hydrogens (tertiary/aromatic N) is 2. The van der Waals surface area contributed by atoms with E-state index in [-0.39, 0.29) is 17.6 Å². The zero-order chi connectivity index (χ0) is 17.1. The number of nitrogens with one attached hydrogen (secondary N) is 1. The summed E-state index contributed by atoms with van der Waals surface area (Å²) in [5, 5.41) is 3.11. The maximum Gasteiger partial charge on any atom is 0.271 e. The minimum atomic E-state index is -0.0833. The molecule has 1 aromatic heterocycles. The molecule has 3 rings (SSSR count). The lowest BCUT2D eigenvalue weighted by atomic mass is 10.2. The zero-order valence-corrected chi connectivity index (χ0v) is 14.1. The molecule has 0 radical (unpaired) electrons. The van der Waals surface area contributed by atoms with Crippen LogP contribution in [0.5, 0.6) is 0 Å². The van der Waals surface area contributed by atoms with Crippen LogP contribution in [0.15, 0.2) is 35.1 Å². The van der Waals surface area contributed by atoms with Crippen LogP contribution in [0.25, 0.3) is 5.69 Å². The molecule has 0 unspecified atom stereocenters. The Bertz CT molecular complexity index is 761. The van der Waals surface area contributed by atoms with E-state index in [0.29, 0.717) is 12.1 Å². The molecule has 1 atom stereocenters. The van der Waals surface area contributed by atoms with Crippen molar-refractivity contribution >= 4 is 5.91 Å². The van der Waals surface area contributed by atoms with Gasteiger partial charge in [0.1, 0.15) is 0 Å². The molecule has 6 nitrogen and oxygen atoms in total. The number of carbonyl (C=O) groups is 1. The van der Waals surface area contributed by atoms with Gasteiger partial charge in [-0.05, 0) is 37.1 Å². The van der Waals surface area contributed by atoms with Gasteiger partial charge >= 0.3 is 0 Å². The van der Waals surface area contributed by atoms with Crippen molar-refractivity contribution in [2.75, 3.05) is 20.2 Å². The lowest BCUT2D eigenvalue weighted by Gasteiger charge is -2.16. The van der Waals surface area contributed by atoms with Gasteiger partial charge in [-0.25, -0.2) is 4.68 Å². The Labute approximate surface area is 141 Å². The topological polar surface area (TPSA) is 67.3 Å². The van der Waals surface area contributed by atoms with Gasteiger partial charge in [-0.15, -0.1) is 0 Å². The van der Waals surface area contributed by atoms with Crippen LogP contribution in [0.3, 0.4) is 0 Å². The van der Waals surface area contributed by atoms with E-state index >= 15 is 0 Å². The van der Waals surface area contributed by atoms with Crippen LogP contribution in [-0.4, -0.2) is 46.9 Å². The fourth-order valence-corrected chi connectivity index (χ4v) is 3.07. The summed E-state index contributed by atoms with van der Waals surface area (Å²) in [7, 11) is 1.67. The Morgan fingerprint density at radius 3 is 2.71 bits per heavy atom. The minimum absolute atomic E-state index is 0.00612. The van der Waals surface area contributed by atoms with Crippen LogP contribution in [0.4, 0.5) is 0 Å². The third-order valence-electron chi connectivity index (χ3n) is 4.43. The molecule has 0 saturated carbocycles. The lowest BCUT2D eigenvalue weighted by Crippen LogP contribution is -2.29. The number of methoxy groups -OCH3 is 1. The van der Waals surface area contributed by atoms with Gasteiger partial charge in [0, 0.05) is 37.5 Å². The molecular formula is C18H23N3O3. The quantitative estimate of drug-likeness (QED) is 0.912. The predicted molar refractivity (Wildman–Crippen MR) is 91.7 cm³/mol. The van der Waals surface area contributed by atoms with Crippen LogP contribution < -0.4 is 5.56 Å². The van der Waals surface area contributed by atoms with Crippen molar-refractivity contribution in [2.45, 2.75) is 32.3 Å². The molecule has 0 aliphatic carbocycles. The van der Waals surface area contributed by atoms with Crippen LogP contribution in [0.2, 0.25) is 0 Å². The molecule has 0 spiro atoms. The molecule has 1 N–H and O–H groups in total. The van der Waals surface area contributed by atoms with Crippen molar-refractivity contribution in [3.63, 3.8) is 0 Å². The molecule has 1 amide bonds. The Kier molecular flexibility index (Phi) is 4.85. The summed E-state index contributed by atoms with van der Waals surface area (Å²) in [6.45, 7) is 3.42. The van der Waals surface area contributed by atoms with Crippen molar-refractivity contribution < 1.29 is 9.53 Å². The van der Waals surface area contributed by atoms with Crippen molar-refractivity contribution in [1.82, 2.24) is 14.7 Å². The normalized spacial score (nSPS) is 17.4. The highest BCUT2D eigenvalue weighted by Crippen LogP contribution is 2.16. The van der Waals surface area contributed by atoms with E-state index in [9.17, 15) is 9.59 Å². The average Bonchev–Trinajstić information content (AvgIpc) is 3.21. The first-order valence-electron chi connectivity index (χ1n) is 8.35. The standard InChI is InChI=1S/C18H23N3O3/c1-3-4-14-11-17(22)21(19-14)15-7-5-13(6-8-15)18(23)20-10-9-16(12-20)24-2/h5-8,11,16,19H,3-4,9-10,12H2,1-2H3/t16-/m1/s1. The summed E-state index contributed by atoms with van der Waals surface area (Å²) < 4.78 is 6.81. The van der Waals surface area contributed by atoms with Crippen LogP contribution >= 0.6 is 0 Å². The summed E-state index contributed by atoms with van der Waals surface area (Å²) in [5.41, 5.74) is 2.20. The highest BCUT2D eigenvalue weighted by molar-refractivity contribution is 5.94. The number of rotatable bonds is 5. The molecule has 0 bridgehead atoms. The molecule has 2 heterocycles. The smallest absolute Gasteiger partial charge is 0.271 e. The number of aromatic amines is 1. The van der Waals surface area contributed by atoms with Gasteiger partial charge in [-0.3, -0.25) is 14.7 Å². The SMILES string of the molecule is CCCc1cc(=O)n(-c2ccc(C(=O)N3CC[C@@H](OC)C3)cc2)[nH]1. The first-order chi connectivity index (χ1) is 11.6.